The molecule has 0 aliphatic carbocycles. The molecule has 1 heterocycles. The zero-order chi connectivity index (χ0) is 26.2. The molecule has 1 aliphatic rings. The maximum Gasteiger partial charge on any atom is 0.303 e. The molecule has 9 N–H and O–H groups in total. The summed E-state index contributed by atoms with van der Waals surface area (Å²) in [5.74, 6) is -4.34. The van der Waals surface area contributed by atoms with E-state index >= 15 is 0 Å². The highest BCUT2D eigenvalue weighted by Gasteiger charge is 2.47. The summed E-state index contributed by atoms with van der Waals surface area (Å²) in [7, 11) is 0. The summed E-state index contributed by atoms with van der Waals surface area (Å²) in [6.07, 6.45) is -7.74. The summed E-state index contributed by atoms with van der Waals surface area (Å²) in [5.41, 5.74) is 5.16. The van der Waals surface area contributed by atoms with Crippen molar-refractivity contribution in [1.82, 2.24) is 16.0 Å². The van der Waals surface area contributed by atoms with Crippen LogP contribution in [0.1, 0.15) is 33.6 Å². The van der Waals surface area contributed by atoms with Gasteiger partial charge in [0.2, 0.25) is 23.6 Å². The van der Waals surface area contributed by atoms with E-state index in [-0.39, 0.29) is 6.42 Å². The monoisotopic (exact) mass is 492 g/mol. The van der Waals surface area contributed by atoms with Gasteiger partial charge in [-0.2, -0.15) is 0 Å². The third kappa shape index (κ3) is 8.49. The molecule has 0 aromatic rings. The number of aliphatic hydroxyl groups excluding tert-OH is 3. The Morgan fingerprint density at radius 2 is 1.71 bits per heavy atom. The van der Waals surface area contributed by atoms with Crippen LogP contribution in [-0.2, 0) is 33.4 Å². The number of amides is 4. The summed E-state index contributed by atoms with van der Waals surface area (Å²) < 4.78 is 10.6. The van der Waals surface area contributed by atoms with E-state index in [1.54, 1.807) is 0 Å². The lowest BCUT2D eigenvalue weighted by Gasteiger charge is -2.43. The lowest BCUT2D eigenvalue weighted by molar-refractivity contribution is -0.266. The summed E-state index contributed by atoms with van der Waals surface area (Å²) >= 11 is 0. The third-order valence-electron chi connectivity index (χ3n) is 5.03. The number of primary amides is 1. The van der Waals surface area contributed by atoms with Gasteiger partial charge in [0.1, 0.15) is 42.5 Å². The number of hydrogen-bond acceptors (Lipinski definition) is 10. The number of nitrogens with one attached hydrogen (secondary N) is 3. The second-order valence-electron chi connectivity index (χ2n) is 7.83. The van der Waals surface area contributed by atoms with Crippen molar-refractivity contribution in [2.75, 3.05) is 6.61 Å². The highest BCUT2D eigenvalue weighted by atomic mass is 16.6. The number of aliphatic hydroxyl groups is 3. The molecule has 1 fully saturated rings. The second kappa shape index (κ2) is 13.1. The Bertz CT molecular complexity index is 765. The minimum atomic E-state index is -1.65. The zero-order valence-corrected chi connectivity index (χ0v) is 19.0. The van der Waals surface area contributed by atoms with Crippen molar-refractivity contribution in [2.24, 2.45) is 5.73 Å². The molecular formula is C19H32N4O11. The molecule has 34 heavy (non-hydrogen) atoms. The van der Waals surface area contributed by atoms with E-state index in [0.29, 0.717) is 0 Å². The molecule has 1 aliphatic heterocycles. The number of carboxylic acids is 1. The molecule has 0 aromatic heterocycles. The van der Waals surface area contributed by atoms with Crippen molar-refractivity contribution in [1.29, 1.82) is 0 Å². The van der Waals surface area contributed by atoms with E-state index < -0.39 is 91.5 Å². The van der Waals surface area contributed by atoms with E-state index in [2.05, 4.69) is 16.0 Å². The smallest absolute Gasteiger partial charge is 0.303 e. The van der Waals surface area contributed by atoms with E-state index in [1.165, 1.54) is 13.8 Å². The lowest BCUT2D eigenvalue weighted by atomic mass is 9.96. The van der Waals surface area contributed by atoms with Crippen molar-refractivity contribution >= 4 is 29.6 Å². The summed E-state index contributed by atoms with van der Waals surface area (Å²) in [6, 6.07) is -3.71. The number of ether oxygens (including phenoxy) is 2. The third-order valence-corrected chi connectivity index (χ3v) is 5.03. The Morgan fingerprint density at radius 1 is 1.09 bits per heavy atom. The maximum absolute atomic E-state index is 12.5. The lowest BCUT2D eigenvalue weighted by Crippen LogP contribution is -2.65. The fourth-order valence-electron chi connectivity index (χ4n) is 3.18. The molecule has 15 nitrogen and oxygen atoms in total. The molecule has 4 amide bonds. The Balaban J connectivity index is 2.80. The Kier molecular flexibility index (Phi) is 11.3. The molecule has 1 saturated heterocycles. The molecule has 0 bridgehead atoms. The van der Waals surface area contributed by atoms with Crippen LogP contribution in [0.25, 0.3) is 0 Å². The minimum absolute atomic E-state index is 0.239. The first-order valence-corrected chi connectivity index (χ1v) is 10.4. The Morgan fingerprint density at radius 3 is 2.21 bits per heavy atom. The van der Waals surface area contributed by atoms with Gasteiger partial charge in [-0.3, -0.25) is 24.0 Å². The molecule has 194 valence electrons. The normalized spacial score (nSPS) is 27.1. The van der Waals surface area contributed by atoms with Gasteiger partial charge in [0.25, 0.3) is 0 Å². The highest BCUT2D eigenvalue weighted by molar-refractivity contribution is 5.92. The minimum Gasteiger partial charge on any atom is -0.481 e. The van der Waals surface area contributed by atoms with Crippen LogP contribution in [0.2, 0.25) is 0 Å². The first-order valence-electron chi connectivity index (χ1n) is 10.4. The predicted octanol–water partition coefficient (Wildman–Crippen LogP) is -4.33. The van der Waals surface area contributed by atoms with Crippen LogP contribution in [-0.4, -0.2) is 105 Å². The van der Waals surface area contributed by atoms with Crippen molar-refractivity contribution in [2.45, 2.75) is 82.4 Å². The Labute approximate surface area is 195 Å². The number of nitrogens with two attached hydrogens (primary N) is 1. The zero-order valence-electron chi connectivity index (χ0n) is 19.0. The average molecular weight is 492 g/mol. The second-order valence-corrected chi connectivity index (χ2v) is 7.83. The van der Waals surface area contributed by atoms with Crippen LogP contribution in [0.15, 0.2) is 0 Å². The number of carbonyl (C=O) groups is 5. The summed E-state index contributed by atoms with van der Waals surface area (Å²) in [5, 5.41) is 45.5. The van der Waals surface area contributed by atoms with Crippen molar-refractivity contribution < 1.29 is 53.9 Å². The van der Waals surface area contributed by atoms with Gasteiger partial charge in [-0.15, -0.1) is 0 Å². The fourth-order valence-corrected chi connectivity index (χ4v) is 3.18. The van der Waals surface area contributed by atoms with Gasteiger partial charge in [0.15, 0.2) is 6.29 Å². The van der Waals surface area contributed by atoms with Gasteiger partial charge >= 0.3 is 5.97 Å². The van der Waals surface area contributed by atoms with Crippen LogP contribution in [0.3, 0.4) is 0 Å². The van der Waals surface area contributed by atoms with Gasteiger partial charge in [0.05, 0.1) is 6.61 Å². The first-order chi connectivity index (χ1) is 15.8. The van der Waals surface area contributed by atoms with Crippen LogP contribution in [0.5, 0.6) is 0 Å². The first kappa shape index (κ1) is 29.2. The number of rotatable bonds is 12. The highest BCUT2D eigenvalue weighted by Crippen LogP contribution is 2.23. The number of carboxylic acid groups (broad SMARTS) is 1. The van der Waals surface area contributed by atoms with E-state index in [0.717, 1.165) is 6.92 Å². The maximum atomic E-state index is 12.5. The van der Waals surface area contributed by atoms with E-state index in [4.69, 9.17) is 20.3 Å². The standard InChI is InChI=1S/C19H32N4O11/c1-7(17(30)23-10(16(20)29)4-5-12(26)27)21-18(31)8(2)33-15-13(22-9(3)25)19(32)34-11(6-24)14(15)28/h7-8,10-11,13-15,19,24,28,32H,4-6H2,1-3H3,(H2,20,29)(H,21,31)(H,22,25)(H,23,30)(H,26,27)/t7-,8+,10+,11+,13-,14-,15+,19+/m0/s1. The number of carbonyl (C=O) groups excluding carboxylic acids is 4. The molecule has 1 rings (SSSR count). The Hall–Kier alpha value is -2.85. The number of hydrogen-bond donors (Lipinski definition) is 8. The molecular weight excluding hydrogens is 460 g/mol. The summed E-state index contributed by atoms with van der Waals surface area (Å²) in [4.78, 5) is 58.4. The van der Waals surface area contributed by atoms with E-state index in [1.807, 2.05) is 0 Å². The fraction of sp³-hybridized carbons (Fsp3) is 0.737. The van der Waals surface area contributed by atoms with Crippen LogP contribution < -0.4 is 21.7 Å². The molecule has 0 aromatic carbocycles. The van der Waals surface area contributed by atoms with Crippen molar-refractivity contribution in [3.05, 3.63) is 0 Å². The van der Waals surface area contributed by atoms with Gasteiger partial charge in [-0.1, -0.05) is 0 Å². The predicted molar refractivity (Wildman–Crippen MR) is 112 cm³/mol. The molecule has 15 heteroatoms. The SMILES string of the molecule is CC(=O)N[C@H]1[C@@H](O[C@H](C)C(=O)N[C@@H](C)C(=O)N[C@H](CCC(=O)O)C(N)=O)[C@@H](O)[C@@H](CO)O[C@H]1O. The summed E-state index contributed by atoms with van der Waals surface area (Å²) in [6.45, 7) is 3.06. The quantitative estimate of drug-likeness (QED) is 0.129. The molecule has 8 atom stereocenters. The van der Waals surface area contributed by atoms with Crippen LogP contribution >= 0.6 is 0 Å². The van der Waals surface area contributed by atoms with Crippen molar-refractivity contribution in [3.8, 4) is 0 Å². The van der Waals surface area contributed by atoms with Crippen LogP contribution in [0.4, 0.5) is 0 Å². The average Bonchev–Trinajstić information content (AvgIpc) is 2.74. The molecule has 0 spiro atoms. The molecule has 0 saturated carbocycles. The van der Waals surface area contributed by atoms with Gasteiger partial charge < -0.3 is 51.6 Å². The van der Waals surface area contributed by atoms with Gasteiger partial charge in [-0.25, -0.2) is 0 Å². The van der Waals surface area contributed by atoms with Crippen LogP contribution in [0, 0.1) is 0 Å². The molecule has 0 unspecified atom stereocenters. The van der Waals surface area contributed by atoms with Gasteiger partial charge in [-0.05, 0) is 20.3 Å². The molecule has 0 radical (unpaired) electrons. The largest absolute Gasteiger partial charge is 0.481 e. The number of aliphatic carboxylic acids is 1. The topological polar surface area (TPSA) is 247 Å². The van der Waals surface area contributed by atoms with Gasteiger partial charge in [0, 0.05) is 13.3 Å². The van der Waals surface area contributed by atoms with Crippen molar-refractivity contribution in [3.63, 3.8) is 0 Å². The van der Waals surface area contributed by atoms with E-state index in [9.17, 15) is 39.3 Å².